The van der Waals surface area contributed by atoms with Gasteiger partial charge in [0.1, 0.15) is 23.9 Å². The number of likely N-dealkylation sites (N-methyl/N-ethyl adjacent to an activating group) is 1. The van der Waals surface area contributed by atoms with Crippen LogP contribution >= 0.6 is 12.4 Å². The second-order valence-electron chi connectivity index (χ2n) is 13.0. The zero-order valence-corrected chi connectivity index (χ0v) is 28.9. The van der Waals surface area contributed by atoms with E-state index in [1.807, 2.05) is 32.0 Å². The first-order chi connectivity index (χ1) is 22.3. The summed E-state index contributed by atoms with van der Waals surface area (Å²) < 4.78 is 5.77. The van der Waals surface area contributed by atoms with Crippen molar-refractivity contribution in [2.24, 2.45) is 11.3 Å². The van der Waals surface area contributed by atoms with Gasteiger partial charge in [-0.2, -0.15) is 0 Å². The summed E-state index contributed by atoms with van der Waals surface area (Å²) in [5.41, 5.74) is 1.02. The lowest BCUT2D eigenvalue weighted by atomic mass is 9.73. The van der Waals surface area contributed by atoms with Crippen LogP contribution in [0.4, 0.5) is 0 Å². The molecule has 2 aromatic rings. The molecule has 4 atom stereocenters. The Morgan fingerprint density at radius 3 is 2.35 bits per heavy atom. The van der Waals surface area contributed by atoms with E-state index in [1.165, 1.54) is 20.9 Å². The number of ether oxygens (including phenoxy) is 1. The number of aliphatic hydroxyl groups excluding tert-OH is 1. The highest BCUT2D eigenvalue weighted by Crippen LogP contribution is 2.36. The summed E-state index contributed by atoms with van der Waals surface area (Å²) in [6.45, 7) is 7.39. The van der Waals surface area contributed by atoms with Crippen LogP contribution in [0.3, 0.4) is 0 Å². The Morgan fingerprint density at radius 1 is 1.02 bits per heavy atom. The maximum Gasteiger partial charge on any atom is 0.258 e. The van der Waals surface area contributed by atoms with Gasteiger partial charge in [-0.25, -0.2) is 0 Å². The maximum atomic E-state index is 13.7. The molecular formula is C34H47ClN6O7. The molecule has 4 rings (SSSR count). The number of amides is 5. The van der Waals surface area contributed by atoms with Gasteiger partial charge >= 0.3 is 0 Å². The number of benzene rings is 1. The predicted octanol–water partition coefficient (Wildman–Crippen LogP) is 1.33. The highest BCUT2D eigenvalue weighted by molar-refractivity contribution is 5.95. The number of rotatable bonds is 3. The molecule has 1 unspecified atom stereocenters. The van der Waals surface area contributed by atoms with E-state index in [4.69, 9.17) is 4.74 Å². The van der Waals surface area contributed by atoms with Crippen LogP contribution in [0.1, 0.15) is 56.5 Å². The lowest BCUT2D eigenvalue weighted by Crippen LogP contribution is -2.59. The number of fused-ring (bicyclic) bond motifs is 2. The first-order valence-electron chi connectivity index (χ1n) is 16.0. The van der Waals surface area contributed by atoms with E-state index in [0.29, 0.717) is 50.2 Å². The first-order valence-corrected chi connectivity index (χ1v) is 16.0. The molecule has 2 aliphatic rings. The number of likely N-dealkylation sites (tertiary alicyclic amines) is 1. The van der Waals surface area contributed by atoms with Crippen molar-refractivity contribution in [3.63, 3.8) is 0 Å². The van der Waals surface area contributed by atoms with Crippen LogP contribution < -0.4 is 20.7 Å². The predicted molar refractivity (Wildman–Crippen MR) is 180 cm³/mol. The number of aliphatic hydroxyl groups is 1. The molecular weight excluding hydrogens is 640 g/mol. The van der Waals surface area contributed by atoms with Gasteiger partial charge in [0.25, 0.3) is 11.8 Å². The highest BCUT2D eigenvalue weighted by atomic mass is 35.5. The fourth-order valence-corrected chi connectivity index (χ4v) is 5.98. The Hall–Kier alpha value is -4.23. The lowest BCUT2D eigenvalue weighted by Gasteiger charge is -2.42. The lowest BCUT2D eigenvalue weighted by molar-refractivity contribution is -0.144. The van der Waals surface area contributed by atoms with Gasteiger partial charge in [-0.1, -0.05) is 26.0 Å². The molecule has 2 bridgehead atoms. The molecule has 1 spiro atoms. The van der Waals surface area contributed by atoms with Crippen LogP contribution in [-0.2, 0) is 25.6 Å². The monoisotopic (exact) mass is 686 g/mol. The number of pyridine rings is 1. The van der Waals surface area contributed by atoms with Crippen molar-refractivity contribution in [3.8, 4) is 5.75 Å². The fourth-order valence-electron chi connectivity index (χ4n) is 5.98. The number of halogens is 1. The average molecular weight is 687 g/mol. The zero-order valence-electron chi connectivity index (χ0n) is 28.1. The number of piperidine rings is 1. The van der Waals surface area contributed by atoms with E-state index >= 15 is 0 Å². The molecule has 1 aromatic heterocycles. The Kier molecular flexibility index (Phi) is 13.3. The fraction of sp³-hybridized carbons (Fsp3) is 0.529. The van der Waals surface area contributed by atoms with Gasteiger partial charge in [-0.3, -0.25) is 29.0 Å². The Balaban J connectivity index is 0.00000625. The summed E-state index contributed by atoms with van der Waals surface area (Å²) in [7, 11) is 1.40. The molecule has 0 aliphatic carbocycles. The summed E-state index contributed by atoms with van der Waals surface area (Å²) >= 11 is 0. The van der Waals surface area contributed by atoms with Crippen molar-refractivity contribution in [3.05, 3.63) is 59.9 Å². The van der Waals surface area contributed by atoms with Crippen LogP contribution in [0.25, 0.3) is 0 Å². The number of carbonyl (C=O) groups excluding carboxylic acids is 5. The van der Waals surface area contributed by atoms with Crippen molar-refractivity contribution in [1.82, 2.24) is 30.7 Å². The molecule has 1 saturated heterocycles. The Morgan fingerprint density at radius 2 is 1.73 bits per heavy atom. The van der Waals surface area contributed by atoms with Gasteiger partial charge in [0.15, 0.2) is 6.61 Å². The number of aromatic nitrogens is 1. The van der Waals surface area contributed by atoms with Gasteiger partial charge < -0.3 is 35.6 Å². The third kappa shape index (κ3) is 9.44. The molecule has 2 aliphatic heterocycles. The largest absolute Gasteiger partial charge is 0.484 e. The van der Waals surface area contributed by atoms with E-state index in [0.717, 1.165) is 10.5 Å². The van der Waals surface area contributed by atoms with E-state index in [2.05, 4.69) is 20.9 Å². The van der Waals surface area contributed by atoms with Crippen molar-refractivity contribution in [2.75, 3.05) is 33.3 Å². The second kappa shape index (κ2) is 16.7. The summed E-state index contributed by atoms with van der Waals surface area (Å²) in [4.78, 5) is 73.3. The number of carbonyl (C=O) groups is 5. The van der Waals surface area contributed by atoms with Crippen LogP contribution in [0, 0.1) is 11.3 Å². The molecule has 14 heteroatoms. The number of nitrogens with one attached hydrogen (secondary N) is 3. The van der Waals surface area contributed by atoms with Crippen molar-refractivity contribution in [2.45, 2.75) is 71.2 Å². The zero-order chi connectivity index (χ0) is 34.3. The minimum Gasteiger partial charge on any atom is -0.484 e. The smallest absolute Gasteiger partial charge is 0.258 e. The normalized spacial score (nSPS) is 23.4. The van der Waals surface area contributed by atoms with Crippen molar-refractivity contribution >= 4 is 41.9 Å². The molecule has 1 fully saturated rings. The topological polar surface area (TPSA) is 170 Å². The van der Waals surface area contributed by atoms with Crippen LogP contribution in [0.5, 0.6) is 5.75 Å². The molecule has 3 heterocycles. The molecule has 262 valence electrons. The summed E-state index contributed by atoms with van der Waals surface area (Å²) in [5, 5.41) is 18.7. The summed E-state index contributed by atoms with van der Waals surface area (Å²) in [5.74, 6) is -2.12. The number of nitrogens with zero attached hydrogens (tertiary/aromatic N) is 3. The Bertz CT molecular complexity index is 1450. The van der Waals surface area contributed by atoms with Crippen LogP contribution in [0.2, 0.25) is 0 Å². The third-order valence-electron chi connectivity index (χ3n) is 9.12. The molecule has 0 radical (unpaired) electrons. The number of hydrogen-bond donors (Lipinski definition) is 4. The molecule has 48 heavy (non-hydrogen) atoms. The highest BCUT2D eigenvalue weighted by Gasteiger charge is 2.39. The van der Waals surface area contributed by atoms with Gasteiger partial charge in [-0.15, -0.1) is 12.4 Å². The van der Waals surface area contributed by atoms with Crippen molar-refractivity contribution < 1.29 is 33.8 Å². The van der Waals surface area contributed by atoms with Crippen LogP contribution in [0.15, 0.2) is 48.8 Å². The minimum absolute atomic E-state index is 0. The van der Waals surface area contributed by atoms with Gasteiger partial charge in [0.2, 0.25) is 17.7 Å². The summed E-state index contributed by atoms with van der Waals surface area (Å²) in [6.07, 6.45) is 3.70. The van der Waals surface area contributed by atoms with E-state index in [1.54, 1.807) is 35.5 Å². The molecule has 4 N–H and O–H groups in total. The standard InChI is InChI=1S/C34H46N6O7.ClH/c1-21(2)28-31(44)36-20-34(11-14-40(15-12-34)32(45)25-9-7-13-35-18-25)17-24-8-6-10-26(16-24)47-19-27(42)37-29(23(4)41)33(46)39(5)22(3)30(43)38-28;/h6-10,13,16,18,21-23,28-29,41H,11-12,14-15,17,19-20H2,1-5H3,(H,36,44)(H,37,42)(H,38,43);1H/t22-,23+,28?,29-;/m0./s1. The first kappa shape index (κ1) is 38.2. The molecule has 1 aromatic carbocycles. The SMILES string of the molecule is CC(C)C1NC(=O)[C@H](C)N(C)C(=O)[C@H]([C@@H](C)O)NC(=O)COc2cccc(c2)CC2(CCN(C(=O)c3cccnc3)CC2)CNC1=O.Cl. The van der Waals surface area contributed by atoms with E-state index in [-0.39, 0.29) is 30.1 Å². The number of hydrogen-bond acceptors (Lipinski definition) is 8. The third-order valence-corrected chi connectivity index (χ3v) is 9.12. The maximum absolute atomic E-state index is 13.7. The molecule has 0 saturated carbocycles. The van der Waals surface area contributed by atoms with Crippen molar-refractivity contribution in [1.29, 1.82) is 0 Å². The minimum atomic E-state index is -1.32. The molecule has 5 amide bonds. The molecule has 13 nitrogen and oxygen atoms in total. The van der Waals surface area contributed by atoms with E-state index < -0.39 is 54.0 Å². The van der Waals surface area contributed by atoms with Gasteiger partial charge in [0.05, 0.1) is 11.7 Å². The van der Waals surface area contributed by atoms with Crippen LogP contribution in [-0.4, -0.2) is 107 Å². The average Bonchev–Trinajstić information content (AvgIpc) is 3.06. The van der Waals surface area contributed by atoms with Gasteiger partial charge in [0, 0.05) is 39.1 Å². The van der Waals surface area contributed by atoms with Gasteiger partial charge in [-0.05, 0) is 74.3 Å². The second-order valence-corrected chi connectivity index (χ2v) is 13.0. The quantitative estimate of drug-likeness (QED) is 0.375. The summed E-state index contributed by atoms with van der Waals surface area (Å²) in [6, 6.07) is 7.58. The van der Waals surface area contributed by atoms with E-state index in [9.17, 15) is 29.1 Å². The Labute approximate surface area is 287 Å².